The van der Waals surface area contributed by atoms with Gasteiger partial charge in [0, 0.05) is 0 Å². The Morgan fingerprint density at radius 2 is 2.00 bits per heavy atom. The van der Waals surface area contributed by atoms with Crippen LogP contribution in [0.25, 0.3) is 0 Å². The first-order chi connectivity index (χ1) is 5.83. The number of imidazole rings is 1. The Kier molecular flexibility index (Phi) is 7.32. The summed E-state index contributed by atoms with van der Waals surface area (Å²) in [5.41, 5.74) is 0. The molecule has 3 heteroatoms. The van der Waals surface area contributed by atoms with E-state index in [0.717, 1.165) is 0 Å². The zero-order valence-corrected chi connectivity index (χ0v) is 10.7. The van der Waals surface area contributed by atoms with E-state index in [2.05, 4.69) is 41.8 Å². The molecule has 13 heavy (non-hydrogen) atoms. The third kappa shape index (κ3) is 5.29. The molecule has 0 unspecified atom stereocenters. The summed E-state index contributed by atoms with van der Waals surface area (Å²) in [6, 6.07) is 0. The van der Waals surface area contributed by atoms with Gasteiger partial charge in [-0.25, -0.2) is 9.13 Å². The van der Waals surface area contributed by atoms with Crippen LogP contribution in [0.2, 0.25) is 0 Å². The minimum atomic E-state index is 0. The average molecular weight is 294 g/mol. The number of rotatable bonds is 5. The van der Waals surface area contributed by atoms with E-state index in [1.165, 1.54) is 32.2 Å². The fourth-order valence-electron chi connectivity index (χ4n) is 1.36. The van der Waals surface area contributed by atoms with Crippen molar-refractivity contribution in [1.82, 2.24) is 4.57 Å². The van der Waals surface area contributed by atoms with Gasteiger partial charge in [0.15, 0.2) is 0 Å². The van der Waals surface area contributed by atoms with Crippen molar-refractivity contribution in [2.45, 2.75) is 39.2 Å². The van der Waals surface area contributed by atoms with Gasteiger partial charge in [0.2, 0.25) is 6.33 Å². The topological polar surface area (TPSA) is 8.81 Å². The molecule has 0 N–H and O–H groups in total. The van der Waals surface area contributed by atoms with Gasteiger partial charge in [-0.2, -0.15) is 0 Å². The van der Waals surface area contributed by atoms with Gasteiger partial charge in [0.05, 0.1) is 13.6 Å². The van der Waals surface area contributed by atoms with Crippen LogP contribution in [0.1, 0.15) is 32.6 Å². The van der Waals surface area contributed by atoms with Crippen LogP contribution >= 0.6 is 0 Å². The number of halogens is 1. The molecule has 0 fully saturated rings. The van der Waals surface area contributed by atoms with Crippen molar-refractivity contribution in [3.63, 3.8) is 0 Å². The first-order valence-electron chi connectivity index (χ1n) is 4.84. The molecule has 1 aromatic rings. The lowest BCUT2D eigenvalue weighted by molar-refractivity contribution is -0.696. The molecule has 0 atom stereocenters. The van der Waals surface area contributed by atoms with E-state index in [1.807, 2.05) is 0 Å². The highest BCUT2D eigenvalue weighted by molar-refractivity contribution is 4.61. The highest BCUT2D eigenvalue weighted by Gasteiger charge is 1.97. The first kappa shape index (κ1) is 12.9. The van der Waals surface area contributed by atoms with Crippen molar-refractivity contribution in [2.24, 2.45) is 7.05 Å². The Balaban J connectivity index is 0.00000144. The predicted molar refractivity (Wildman–Crippen MR) is 49.8 cm³/mol. The molecule has 1 heterocycles. The summed E-state index contributed by atoms with van der Waals surface area (Å²) in [5.74, 6) is 0. The number of nitrogens with zero attached hydrogens (tertiary/aromatic N) is 2. The van der Waals surface area contributed by atoms with Crippen LogP contribution in [-0.2, 0) is 13.6 Å². The summed E-state index contributed by atoms with van der Waals surface area (Å²) in [4.78, 5) is 0. The largest absolute Gasteiger partial charge is 1.00 e. The maximum absolute atomic E-state index is 2.25. The normalized spacial score (nSPS) is 9.69. The molecule has 0 saturated carbocycles. The lowest BCUT2D eigenvalue weighted by Gasteiger charge is -1.95. The Hall–Kier alpha value is -0.0600. The second-order valence-corrected chi connectivity index (χ2v) is 3.38. The second kappa shape index (κ2) is 7.35. The van der Waals surface area contributed by atoms with Crippen LogP contribution in [-0.4, -0.2) is 4.57 Å². The van der Waals surface area contributed by atoms with Crippen molar-refractivity contribution in [3.8, 4) is 0 Å². The lowest BCUT2D eigenvalue weighted by atomic mass is 10.2. The van der Waals surface area contributed by atoms with E-state index in [9.17, 15) is 0 Å². The maximum atomic E-state index is 2.25. The summed E-state index contributed by atoms with van der Waals surface area (Å²) >= 11 is 0. The Morgan fingerprint density at radius 1 is 1.23 bits per heavy atom. The molecule has 0 spiro atoms. The van der Waals surface area contributed by atoms with Gasteiger partial charge < -0.3 is 24.0 Å². The molecule has 1 aromatic heterocycles. The molecular weight excluding hydrogens is 275 g/mol. The first-order valence-corrected chi connectivity index (χ1v) is 4.84. The molecule has 76 valence electrons. The third-order valence-electron chi connectivity index (χ3n) is 2.09. The number of aromatic nitrogens is 2. The zero-order valence-electron chi connectivity index (χ0n) is 8.54. The molecule has 1 rings (SSSR count). The smallest absolute Gasteiger partial charge is 0.243 e. The van der Waals surface area contributed by atoms with Crippen LogP contribution in [0, 0.1) is 0 Å². The summed E-state index contributed by atoms with van der Waals surface area (Å²) in [6.07, 6.45) is 11.7. The van der Waals surface area contributed by atoms with Crippen LogP contribution in [0.4, 0.5) is 0 Å². The van der Waals surface area contributed by atoms with Crippen molar-refractivity contribution in [3.05, 3.63) is 18.7 Å². The van der Waals surface area contributed by atoms with Gasteiger partial charge >= 0.3 is 0 Å². The minimum Gasteiger partial charge on any atom is -1.00 e. The standard InChI is InChI=1S/C10H19N2.HI/c1-3-4-5-6-7-12-9-8-11(2)10-12;/h8-10H,3-7H2,1-2H3;1H/q+1;/p-1. The second-order valence-electron chi connectivity index (χ2n) is 3.38. The molecule has 0 aromatic carbocycles. The molecule has 2 nitrogen and oxygen atoms in total. The molecule has 0 aliphatic carbocycles. The molecule has 0 radical (unpaired) electrons. The van der Waals surface area contributed by atoms with E-state index < -0.39 is 0 Å². The number of unbranched alkanes of at least 4 members (excludes halogenated alkanes) is 3. The quantitative estimate of drug-likeness (QED) is 0.370. The van der Waals surface area contributed by atoms with Crippen molar-refractivity contribution < 1.29 is 28.5 Å². The van der Waals surface area contributed by atoms with Gasteiger partial charge in [-0.15, -0.1) is 0 Å². The number of hydrogen-bond acceptors (Lipinski definition) is 0. The van der Waals surface area contributed by atoms with Gasteiger partial charge in [-0.1, -0.05) is 19.8 Å². The van der Waals surface area contributed by atoms with E-state index >= 15 is 0 Å². The summed E-state index contributed by atoms with van der Waals surface area (Å²) in [6.45, 7) is 3.41. The van der Waals surface area contributed by atoms with E-state index in [-0.39, 0.29) is 24.0 Å². The Labute approximate surface area is 98.0 Å². The van der Waals surface area contributed by atoms with E-state index in [0.29, 0.717) is 0 Å². The summed E-state index contributed by atoms with van der Waals surface area (Å²) in [5, 5.41) is 0. The average Bonchev–Trinajstić information content (AvgIpc) is 2.45. The van der Waals surface area contributed by atoms with Crippen LogP contribution in [0.15, 0.2) is 18.7 Å². The molecule has 0 bridgehead atoms. The molecular formula is C10H19IN2. The number of hydrogen-bond donors (Lipinski definition) is 0. The van der Waals surface area contributed by atoms with Crippen LogP contribution in [0.3, 0.4) is 0 Å². The van der Waals surface area contributed by atoms with E-state index in [1.54, 1.807) is 0 Å². The molecule has 0 saturated heterocycles. The Morgan fingerprint density at radius 3 is 2.54 bits per heavy atom. The molecule has 0 amide bonds. The van der Waals surface area contributed by atoms with Crippen molar-refractivity contribution in [1.29, 1.82) is 0 Å². The van der Waals surface area contributed by atoms with Crippen molar-refractivity contribution >= 4 is 0 Å². The fourth-order valence-corrected chi connectivity index (χ4v) is 1.36. The SMILES string of the molecule is CCCCCC[n+]1ccn(C)c1.[I-]. The van der Waals surface area contributed by atoms with Crippen LogP contribution < -0.4 is 28.5 Å². The Bertz CT molecular complexity index is 220. The highest BCUT2D eigenvalue weighted by Crippen LogP contribution is 1.97. The number of aryl methyl sites for hydroxylation is 2. The van der Waals surface area contributed by atoms with Crippen LogP contribution in [0.5, 0.6) is 0 Å². The highest BCUT2D eigenvalue weighted by atomic mass is 127. The summed E-state index contributed by atoms with van der Waals surface area (Å²) in [7, 11) is 2.06. The molecule has 0 aliphatic heterocycles. The summed E-state index contributed by atoms with van der Waals surface area (Å²) < 4.78 is 4.33. The van der Waals surface area contributed by atoms with E-state index in [4.69, 9.17) is 0 Å². The van der Waals surface area contributed by atoms with Gasteiger partial charge in [0.25, 0.3) is 0 Å². The van der Waals surface area contributed by atoms with Gasteiger partial charge in [-0.05, 0) is 12.8 Å². The predicted octanol–water partition coefficient (Wildman–Crippen LogP) is -1.10. The third-order valence-corrected chi connectivity index (χ3v) is 2.09. The van der Waals surface area contributed by atoms with Crippen molar-refractivity contribution in [2.75, 3.05) is 0 Å². The lowest BCUT2D eigenvalue weighted by Crippen LogP contribution is -3.00. The van der Waals surface area contributed by atoms with Gasteiger partial charge in [-0.3, -0.25) is 0 Å². The molecule has 0 aliphatic rings. The minimum absolute atomic E-state index is 0. The monoisotopic (exact) mass is 294 g/mol. The van der Waals surface area contributed by atoms with Gasteiger partial charge in [0.1, 0.15) is 12.4 Å². The maximum Gasteiger partial charge on any atom is 0.243 e. The fraction of sp³-hybridized carbons (Fsp3) is 0.700. The zero-order chi connectivity index (χ0) is 8.81.